The van der Waals surface area contributed by atoms with Gasteiger partial charge in [-0.1, -0.05) is 0 Å². The fraction of sp³-hybridized carbons (Fsp3) is 0.267. The molecule has 0 saturated heterocycles. The average Bonchev–Trinajstić information content (AvgIpc) is 2.60. The quantitative estimate of drug-likeness (QED) is 0.674. The van der Waals surface area contributed by atoms with Crippen LogP contribution in [0.4, 0.5) is 0 Å². The molecule has 9 heteroatoms. The van der Waals surface area contributed by atoms with Gasteiger partial charge in [-0.25, -0.2) is 18.1 Å². The standard InChI is InChI=1S/C15H18N4O4S/c1-2-23-12-3-5-13(6-4-12)24(21,22)19-10-9-18-15(20)14-11-16-7-8-17-14/h3-8,11,19H,2,9-10H2,1H3,(H,18,20). The molecule has 1 heterocycles. The number of hydrogen-bond acceptors (Lipinski definition) is 6. The second kappa shape index (κ2) is 8.37. The molecular weight excluding hydrogens is 332 g/mol. The van der Waals surface area contributed by atoms with Crippen LogP contribution in [-0.2, 0) is 10.0 Å². The third-order valence-corrected chi connectivity index (χ3v) is 4.42. The van der Waals surface area contributed by atoms with Gasteiger partial charge in [0.2, 0.25) is 10.0 Å². The second-order valence-electron chi connectivity index (χ2n) is 4.65. The maximum atomic E-state index is 12.1. The number of nitrogens with one attached hydrogen (secondary N) is 2. The maximum absolute atomic E-state index is 12.1. The van der Waals surface area contributed by atoms with Crippen molar-refractivity contribution in [1.29, 1.82) is 0 Å². The van der Waals surface area contributed by atoms with Gasteiger partial charge in [-0.05, 0) is 31.2 Å². The van der Waals surface area contributed by atoms with E-state index in [1.54, 1.807) is 12.1 Å². The molecule has 2 N–H and O–H groups in total. The van der Waals surface area contributed by atoms with Gasteiger partial charge in [-0.15, -0.1) is 0 Å². The summed E-state index contributed by atoms with van der Waals surface area (Å²) < 4.78 is 31.9. The van der Waals surface area contributed by atoms with Crippen LogP contribution >= 0.6 is 0 Å². The Morgan fingerprint density at radius 3 is 2.54 bits per heavy atom. The molecule has 0 fully saturated rings. The first kappa shape index (κ1) is 17.8. The Morgan fingerprint density at radius 1 is 1.17 bits per heavy atom. The summed E-state index contributed by atoms with van der Waals surface area (Å²) in [7, 11) is -3.64. The molecule has 1 aromatic heterocycles. The molecule has 2 rings (SSSR count). The number of amides is 1. The molecule has 0 spiro atoms. The summed E-state index contributed by atoms with van der Waals surface area (Å²) in [6, 6.07) is 6.11. The van der Waals surface area contributed by atoms with Gasteiger partial charge < -0.3 is 10.1 Å². The van der Waals surface area contributed by atoms with Gasteiger partial charge >= 0.3 is 0 Å². The summed E-state index contributed by atoms with van der Waals surface area (Å²) in [5.41, 5.74) is 0.173. The lowest BCUT2D eigenvalue weighted by Crippen LogP contribution is -2.35. The molecule has 128 valence electrons. The van der Waals surface area contributed by atoms with E-state index in [0.717, 1.165) is 0 Å². The minimum atomic E-state index is -3.64. The molecule has 0 aliphatic rings. The van der Waals surface area contributed by atoms with Crippen LogP contribution in [0.5, 0.6) is 5.75 Å². The van der Waals surface area contributed by atoms with Gasteiger partial charge in [0, 0.05) is 25.5 Å². The van der Waals surface area contributed by atoms with Crippen molar-refractivity contribution in [3.8, 4) is 5.75 Å². The SMILES string of the molecule is CCOc1ccc(S(=O)(=O)NCCNC(=O)c2cnccn2)cc1. The Hall–Kier alpha value is -2.52. The summed E-state index contributed by atoms with van der Waals surface area (Å²) in [6.45, 7) is 2.55. The lowest BCUT2D eigenvalue weighted by Gasteiger charge is -2.09. The molecule has 2 aromatic rings. The van der Waals surface area contributed by atoms with Crippen molar-refractivity contribution in [2.75, 3.05) is 19.7 Å². The van der Waals surface area contributed by atoms with Gasteiger partial charge in [0.15, 0.2) is 0 Å². The number of aromatic nitrogens is 2. The smallest absolute Gasteiger partial charge is 0.271 e. The van der Waals surface area contributed by atoms with Crippen molar-refractivity contribution in [3.05, 3.63) is 48.5 Å². The fourth-order valence-electron chi connectivity index (χ4n) is 1.83. The van der Waals surface area contributed by atoms with Crippen LogP contribution in [0.2, 0.25) is 0 Å². The number of benzene rings is 1. The molecule has 0 radical (unpaired) electrons. The summed E-state index contributed by atoms with van der Waals surface area (Å²) >= 11 is 0. The number of ether oxygens (including phenoxy) is 1. The first-order valence-electron chi connectivity index (χ1n) is 7.29. The van der Waals surface area contributed by atoms with Crippen LogP contribution in [0.1, 0.15) is 17.4 Å². The Morgan fingerprint density at radius 2 is 1.92 bits per heavy atom. The number of rotatable bonds is 8. The highest BCUT2D eigenvalue weighted by Gasteiger charge is 2.13. The number of hydrogen-bond donors (Lipinski definition) is 2. The summed E-state index contributed by atoms with van der Waals surface area (Å²) in [5.74, 6) is 0.191. The largest absolute Gasteiger partial charge is 0.494 e. The van der Waals surface area contributed by atoms with Crippen LogP contribution < -0.4 is 14.8 Å². The average molecular weight is 350 g/mol. The van der Waals surface area contributed by atoms with Crippen molar-refractivity contribution < 1.29 is 17.9 Å². The van der Waals surface area contributed by atoms with Crippen LogP contribution in [0.3, 0.4) is 0 Å². The Bertz CT molecular complexity index is 764. The van der Waals surface area contributed by atoms with E-state index in [4.69, 9.17) is 4.74 Å². The normalized spacial score (nSPS) is 11.0. The van der Waals surface area contributed by atoms with E-state index >= 15 is 0 Å². The highest BCUT2D eigenvalue weighted by molar-refractivity contribution is 7.89. The highest BCUT2D eigenvalue weighted by atomic mass is 32.2. The fourth-order valence-corrected chi connectivity index (χ4v) is 2.87. The first-order valence-corrected chi connectivity index (χ1v) is 8.78. The van der Waals surface area contributed by atoms with Crippen LogP contribution in [0.25, 0.3) is 0 Å². The monoisotopic (exact) mass is 350 g/mol. The molecule has 1 amide bonds. The van der Waals surface area contributed by atoms with Crippen LogP contribution in [-0.4, -0.2) is 44.0 Å². The van der Waals surface area contributed by atoms with Crippen molar-refractivity contribution >= 4 is 15.9 Å². The van der Waals surface area contributed by atoms with E-state index in [-0.39, 0.29) is 23.7 Å². The molecule has 0 saturated carbocycles. The summed E-state index contributed by atoms with van der Waals surface area (Å²) in [4.78, 5) is 19.5. The zero-order valence-electron chi connectivity index (χ0n) is 13.1. The number of sulfonamides is 1. The van der Waals surface area contributed by atoms with Gasteiger partial charge in [0.05, 0.1) is 17.7 Å². The predicted molar refractivity (Wildman–Crippen MR) is 87.2 cm³/mol. The Balaban J connectivity index is 1.83. The minimum absolute atomic E-state index is 0.0571. The van der Waals surface area contributed by atoms with Crippen molar-refractivity contribution in [1.82, 2.24) is 20.0 Å². The van der Waals surface area contributed by atoms with Gasteiger partial charge in [-0.2, -0.15) is 0 Å². The topological polar surface area (TPSA) is 110 Å². The van der Waals surface area contributed by atoms with E-state index in [0.29, 0.717) is 12.4 Å². The predicted octanol–water partition coefficient (Wildman–Crippen LogP) is 0.584. The second-order valence-corrected chi connectivity index (χ2v) is 6.42. The summed E-state index contributed by atoms with van der Waals surface area (Å²) in [6.07, 6.45) is 4.20. The molecular formula is C15H18N4O4S. The molecule has 0 atom stereocenters. The molecule has 0 aliphatic heterocycles. The lowest BCUT2D eigenvalue weighted by atomic mass is 10.3. The molecule has 0 aliphatic carbocycles. The van der Waals surface area contributed by atoms with E-state index in [9.17, 15) is 13.2 Å². The van der Waals surface area contributed by atoms with E-state index < -0.39 is 15.9 Å². The molecule has 0 unspecified atom stereocenters. The maximum Gasteiger partial charge on any atom is 0.271 e. The zero-order chi connectivity index (χ0) is 17.4. The van der Waals surface area contributed by atoms with Gasteiger partial charge in [0.25, 0.3) is 5.91 Å². The van der Waals surface area contributed by atoms with Crippen molar-refractivity contribution in [2.45, 2.75) is 11.8 Å². The van der Waals surface area contributed by atoms with Crippen LogP contribution in [0, 0.1) is 0 Å². The third-order valence-electron chi connectivity index (χ3n) is 2.94. The Labute approximate surface area is 140 Å². The highest BCUT2D eigenvalue weighted by Crippen LogP contribution is 2.15. The Kier molecular flexibility index (Phi) is 6.21. The molecule has 24 heavy (non-hydrogen) atoms. The molecule has 1 aromatic carbocycles. The third kappa shape index (κ3) is 5.00. The minimum Gasteiger partial charge on any atom is -0.494 e. The molecule has 8 nitrogen and oxygen atoms in total. The first-order chi connectivity index (χ1) is 11.5. The van der Waals surface area contributed by atoms with Crippen molar-refractivity contribution in [2.24, 2.45) is 0 Å². The van der Waals surface area contributed by atoms with E-state index in [1.807, 2.05) is 6.92 Å². The molecule has 0 bridgehead atoms. The van der Waals surface area contributed by atoms with Gasteiger partial charge in [-0.3, -0.25) is 9.78 Å². The van der Waals surface area contributed by atoms with E-state index in [2.05, 4.69) is 20.0 Å². The summed E-state index contributed by atoms with van der Waals surface area (Å²) in [5, 5.41) is 2.56. The van der Waals surface area contributed by atoms with E-state index in [1.165, 1.54) is 30.7 Å². The number of carbonyl (C=O) groups excluding carboxylic acids is 1. The lowest BCUT2D eigenvalue weighted by molar-refractivity contribution is 0.0949. The van der Waals surface area contributed by atoms with Gasteiger partial charge in [0.1, 0.15) is 11.4 Å². The van der Waals surface area contributed by atoms with Crippen molar-refractivity contribution in [3.63, 3.8) is 0 Å². The number of carbonyl (C=O) groups is 1. The van der Waals surface area contributed by atoms with Crippen LogP contribution in [0.15, 0.2) is 47.8 Å². The zero-order valence-corrected chi connectivity index (χ0v) is 13.9. The number of nitrogens with zero attached hydrogens (tertiary/aromatic N) is 2.